The van der Waals surface area contributed by atoms with Gasteiger partial charge < -0.3 is 0 Å². The standard InChI is InChI=1S/C20H21NO2S2/c1-14-5-9-18(10-6-14)25(22,23)21(4)17-8-7-15(2)20(13-17)19-11-12-24-16(19)3/h5-13H,1-4H3. The number of hydrogen-bond donors (Lipinski definition) is 0. The number of aryl methyl sites for hydroxylation is 3. The number of anilines is 1. The summed E-state index contributed by atoms with van der Waals surface area (Å²) in [6.07, 6.45) is 0. The highest BCUT2D eigenvalue weighted by Gasteiger charge is 2.22. The maximum Gasteiger partial charge on any atom is 0.264 e. The third-order valence-electron chi connectivity index (χ3n) is 4.41. The molecule has 2 aromatic carbocycles. The predicted molar refractivity (Wildman–Crippen MR) is 106 cm³/mol. The smallest absolute Gasteiger partial charge is 0.264 e. The van der Waals surface area contributed by atoms with E-state index in [0.717, 1.165) is 22.3 Å². The molecule has 25 heavy (non-hydrogen) atoms. The topological polar surface area (TPSA) is 37.4 Å². The zero-order valence-corrected chi connectivity index (χ0v) is 16.4. The van der Waals surface area contributed by atoms with Crippen molar-refractivity contribution in [3.05, 3.63) is 69.9 Å². The van der Waals surface area contributed by atoms with E-state index in [1.165, 1.54) is 9.18 Å². The van der Waals surface area contributed by atoms with Gasteiger partial charge in [0.1, 0.15) is 0 Å². The molecule has 0 radical (unpaired) electrons. The number of hydrogen-bond acceptors (Lipinski definition) is 3. The molecule has 0 unspecified atom stereocenters. The zero-order chi connectivity index (χ0) is 18.2. The molecule has 3 rings (SSSR count). The van der Waals surface area contributed by atoms with Crippen LogP contribution < -0.4 is 4.31 Å². The van der Waals surface area contributed by atoms with Crippen molar-refractivity contribution in [2.75, 3.05) is 11.4 Å². The van der Waals surface area contributed by atoms with E-state index in [4.69, 9.17) is 0 Å². The van der Waals surface area contributed by atoms with Gasteiger partial charge in [-0.2, -0.15) is 0 Å². The van der Waals surface area contributed by atoms with Crippen molar-refractivity contribution < 1.29 is 8.42 Å². The Kier molecular flexibility index (Phi) is 4.71. The van der Waals surface area contributed by atoms with Crippen molar-refractivity contribution in [3.8, 4) is 11.1 Å². The molecule has 0 aliphatic carbocycles. The van der Waals surface area contributed by atoms with Crippen LogP contribution in [-0.2, 0) is 10.0 Å². The molecule has 0 bridgehead atoms. The van der Waals surface area contributed by atoms with E-state index in [2.05, 4.69) is 18.4 Å². The monoisotopic (exact) mass is 371 g/mol. The largest absolute Gasteiger partial charge is 0.269 e. The lowest BCUT2D eigenvalue weighted by atomic mass is 10.0. The Morgan fingerprint density at radius 2 is 1.56 bits per heavy atom. The van der Waals surface area contributed by atoms with Gasteiger partial charge in [0.2, 0.25) is 0 Å². The minimum Gasteiger partial charge on any atom is -0.269 e. The summed E-state index contributed by atoms with van der Waals surface area (Å²) in [5, 5.41) is 2.06. The molecular weight excluding hydrogens is 350 g/mol. The molecule has 0 aliphatic rings. The number of rotatable bonds is 4. The summed E-state index contributed by atoms with van der Waals surface area (Å²) in [5.74, 6) is 0. The van der Waals surface area contributed by atoms with E-state index in [9.17, 15) is 8.42 Å². The van der Waals surface area contributed by atoms with Crippen LogP contribution in [0.5, 0.6) is 0 Å². The minimum atomic E-state index is -3.58. The fourth-order valence-electron chi connectivity index (χ4n) is 2.77. The second kappa shape index (κ2) is 6.65. The Balaban J connectivity index is 2.04. The van der Waals surface area contributed by atoms with Crippen LogP contribution >= 0.6 is 11.3 Å². The number of benzene rings is 2. The molecule has 0 fully saturated rings. The molecule has 0 spiro atoms. The summed E-state index contributed by atoms with van der Waals surface area (Å²) in [4.78, 5) is 1.53. The summed E-state index contributed by atoms with van der Waals surface area (Å²) >= 11 is 1.69. The molecule has 1 aromatic heterocycles. The Bertz CT molecular complexity index is 1000. The van der Waals surface area contributed by atoms with Gasteiger partial charge in [0.05, 0.1) is 10.6 Å². The normalized spacial score (nSPS) is 11.5. The third kappa shape index (κ3) is 3.34. The Hall–Kier alpha value is -2.11. The summed E-state index contributed by atoms with van der Waals surface area (Å²) in [5.41, 5.74) is 5.05. The van der Waals surface area contributed by atoms with Gasteiger partial charge in [0.25, 0.3) is 10.0 Å². The highest BCUT2D eigenvalue weighted by atomic mass is 32.2. The molecule has 5 heteroatoms. The second-order valence-corrected chi connectivity index (χ2v) is 9.26. The van der Waals surface area contributed by atoms with Crippen LogP contribution in [0.3, 0.4) is 0 Å². The van der Waals surface area contributed by atoms with E-state index in [1.807, 2.05) is 44.2 Å². The molecule has 3 nitrogen and oxygen atoms in total. The third-order valence-corrected chi connectivity index (χ3v) is 7.06. The first-order chi connectivity index (χ1) is 11.8. The molecule has 1 heterocycles. The molecule has 130 valence electrons. The van der Waals surface area contributed by atoms with Crippen molar-refractivity contribution in [2.24, 2.45) is 0 Å². The minimum absolute atomic E-state index is 0.300. The molecule has 0 saturated carbocycles. The van der Waals surface area contributed by atoms with E-state index >= 15 is 0 Å². The molecule has 0 aliphatic heterocycles. The van der Waals surface area contributed by atoms with Crippen molar-refractivity contribution in [1.82, 2.24) is 0 Å². The Labute approximate surface area is 153 Å². The van der Waals surface area contributed by atoms with Gasteiger partial charge in [-0.05, 0) is 73.2 Å². The van der Waals surface area contributed by atoms with Crippen LogP contribution in [0.2, 0.25) is 0 Å². The van der Waals surface area contributed by atoms with Gasteiger partial charge >= 0.3 is 0 Å². The first kappa shape index (κ1) is 17.7. The lowest BCUT2D eigenvalue weighted by Gasteiger charge is -2.21. The lowest BCUT2D eigenvalue weighted by molar-refractivity contribution is 0.594. The van der Waals surface area contributed by atoms with Gasteiger partial charge in [0.15, 0.2) is 0 Å². The van der Waals surface area contributed by atoms with Crippen LogP contribution in [0.15, 0.2) is 58.8 Å². The van der Waals surface area contributed by atoms with Gasteiger partial charge in [-0.1, -0.05) is 23.8 Å². The first-order valence-corrected chi connectivity index (χ1v) is 10.3. The Morgan fingerprint density at radius 1 is 0.880 bits per heavy atom. The maximum atomic E-state index is 12.9. The molecule has 0 atom stereocenters. The van der Waals surface area contributed by atoms with Crippen molar-refractivity contribution >= 4 is 27.0 Å². The fraction of sp³-hybridized carbons (Fsp3) is 0.200. The summed E-state index contributed by atoms with van der Waals surface area (Å²) in [7, 11) is -1.98. The molecular formula is C20H21NO2S2. The van der Waals surface area contributed by atoms with Crippen LogP contribution in [0, 0.1) is 20.8 Å². The molecule has 3 aromatic rings. The zero-order valence-electron chi connectivity index (χ0n) is 14.8. The summed E-state index contributed by atoms with van der Waals surface area (Å²) in [6, 6.07) is 14.8. The van der Waals surface area contributed by atoms with Crippen LogP contribution in [0.4, 0.5) is 5.69 Å². The highest BCUT2D eigenvalue weighted by molar-refractivity contribution is 7.92. The summed E-state index contributed by atoms with van der Waals surface area (Å²) in [6.45, 7) is 6.07. The number of sulfonamides is 1. The average Bonchev–Trinajstić information content (AvgIpc) is 3.01. The lowest BCUT2D eigenvalue weighted by Crippen LogP contribution is -2.26. The maximum absolute atomic E-state index is 12.9. The van der Waals surface area contributed by atoms with Gasteiger partial charge in [-0.15, -0.1) is 11.3 Å². The Morgan fingerprint density at radius 3 is 2.16 bits per heavy atom. The molecule has 0 saturated heterocycles. The fourth-order valence-corrected chi connectivity index (χ4v) is 4.67. The van der Waals surface area contributed by atoms with Crippen LogP contribution in [-0.4, -0.2) is 15.5 Å². The van der Waals surface area contributed by atoms with Gasteiger partial charge in [0, 0.05) is 11.9 Å². The van der Waals surface area contributed by atoms with E-state index in [1.54, 1.807) is 30.5 Å². The van der Waals surface area contributed by atoms with Crippen molar-refractivity contribution in [2.45, 2.75) is 25.7 Å². The predicted octanol–water partition coefficient (Wildman–Crippen LogP) is 5.17. The van der Waals surface area contributed by atoms with E-state index < -0.39 is 10.0 Å². The van der Waals surface area contributed by atoms with Gasteiger partial charge in [-0.25, -0.2) is 8.42 Å². The molecule has 0 amide bonds. The van der Waals surface area contributed by atoms with Gasteiger partial charge in [-0.3, -0.25) is 4.31 Å². The number of thiophene rings is 1. The highest BCUT2D eigenvalue weighted by Crippen LogP contribution is 2.34. The second-order valence-electron chi connectivity index (χ2n) is 6.18. The van der Waals surface area contributed by atoms with Crippen molar-refractivity contribution in [3.63, 3.8) is 0 Å². The van der Waals surface area contributed by atoms with Crippen molar-refractivity contribution in [1.29, 1.82) is 0 Å². The average molecular weight is 372 g/mol. The van der Waals surface area contributed by atoms with Crippen LogP contribution in [0.1, 0.15) is 16.0 Å². The van der Waals surface area contributed by atoms with E-state index in [0.29, 0.717) is 10.6 Å². The van der Waals surface area contributed by atoms with Crippen LogP contribution in [0.25, 0.3) is 11.1 Å². The SMILES string of the molecule is Cc1ccc(S(=O)(=O)N(C)c2ccc(C)c(-c3ccsc3C)c2)cc1. The first-order valence-electron chi connectivity index (χ1n) is 8.01. The number of nitrogens with zero attached hydrogens (tertiary/aromatic N) is 1. The quantitative estimate of drug-likeness (QED) is 0.635. The van der Waals surface area contributed by atoms with E-state index in [-0.39, 0.29) is 0 Å². The summed E-state index contributed by atoms with van der Waals surface area (Å²) < 4.78 is 27.2. The molecule has 0 N–H and O–H groups in total.